The summed E-state index contributed by atoms with van der Waals surface area (Å²) in [7, 11) is 1.60. The van der Waals surface area contributed by atoms with Crippen LogP contribution in [-0.2, 0) is 18.9 Å². The Labute approximate surface area is 103 Å². The summed E-state index contributed by atoms with van der Waals surface area (Å²) in [6, 6.07) is 0. The number of carbonyl (C=O) groups is 1. The van der Waals surface area contributed by atoms with E-state index < -0.39 is 6.16 Å². The number of methoxy groups -OCH3 is 1. The zero-order valence-corrected chi connectivity index (χ0v) is 10.5. The van der Waals surface area contributed by atoms with Gasteiger partial charge in [0.15, 0.2) is 0 Å². The molecule has 0 radical (unpaired) electrons. The molecule has 0 unspecified atom stereocenters. The van der Waals surface area contributed by atoms with Crippen LogP contribution in [0.25, 0.3) is 0 Å². The molecule has 0 amide bonds. The molecule has 0 saturated heterocycles. The summed E-state index contributed by atoms with van der Waals surface area (Å²) >= 11 is 0. The third-order valence-corrected chi connectivity index (χ3v) is 1.92. The molecule has 0 aliphatic heterocycles. The zero-order valence-electron chi connectivity index (χ0n) is 10.5. The van der Waals surface area contributed by atoms with Gasteiger partial charge in [-0.1, -0.05) is 19.1 Å². The second-order valence-corrected chi connectivity index (χ2v) is 3.43. The van der Waals surface area contributed by atoms with Crippen LogP contribution in [0.2, 0.25) is 0 Å². The number of unbranched alkanes of at least 4 members (excludes halogenated alkanes) is 3. The van der Waals surface area contributed by atoms with Gasteiger partial charge in [0, 0.05) is 13.7 Å². The minimum Gasteiger partial charge on any atom is -0.434 e. The highest BCUT2D eigenvalue weighted by atomic mass is 16.7. The third-order valence-electron chi connectivity index (χ3n) is 1.92. The van der Waals surface area contributed by atoms with E-state index >= 15 is 0 Å². The van der Waals surface area contributed by atoms with E-state index in [9.17, 15) is 4.79 Å². The summed E-state index contributed by atoms with van der Waals surface area (Å²) < 4.78 is 19.4. The second kappa shape index (κ2) is 13.0. The number of hydrogen-bond acceptors (Lipinski definition) is 5. The molecular weight excluding hydrogens is 224 g/mol. The van der Waals surface area contributed by atoms with Crippen LogP contribution >= 0.6 is 0 Å². The monoisotopic (exact) mass is 246 g/mol. The third kappa shape index (κ3) is 12.9. The maximum Gasteiger partial charge on any atom is 0.508 e. The van der Waals surface area contributed by atoms with E-state index in [1.165, 1.54) is 6.08 Å². The SMILES string of the molecule is C=CCOC(=O)OCCCCCCOCOC. The van der Waals surface area contributed by atoms with Crippen molar-refractivity contribution < 1.29 is 23.7 Å². The lowest BCUT2D eigenvalue weighted by Gasteiger charge is -2.05. The second-order valence-electron chi connectivity index (χ2n) is 3.43. The van der Waals surface area contributed by atoms with Crippen LogP contribution in [0.4, 0.5) is 4.79 Å². The number of rotatable bonds is 11. The van der Waals surface area contributed by atoms with Crippen molar-refractivity contribution in [2.75, 3.05) is 33.7 Å². The van der Waals surface area contributed by atoms with E-state index in [0.717, 1.165) is 25.7 Å². The first kappa shape index (κ1) is 15.9. The van der Waals surface area contributed by atoms with Crippen molar-refractivity contribution >= 4 is 6.16 Å². The summed E-state index contributed by atoms with van der Waals surface area (Å²) in [4.78, 5) is 10.9. The fourth-order valence-corrected chi connectivity index (χ4v) is 1.13. The average molecular weight is 246 g/mol. The molecular formula is C12H22O5. The van der Waals surface area contributed by atoms with Crippen LogP contribution in [0.5, 0.6) is 0 Å². The Morgan fingerprint density at radius 2 is 1.82 bits per heavy atom. The predicted molar refractivity (Wildman–Crippen MR) is 63.8 cm³/mol. The van der Waals surface area contributed by atoms with Gasteiger partial charge in [0.1, 0.15) is 13.4 Å². The van der Waals surface area contributed by atoms with Gasteiger partial charge in [0.2, 0.25) is 0 Å². The molecule has 5 nitrogen and oxygen atoms in total. The van der Waals surface area contributed by atoms with Crippen LogP contribution in [0, 0.1) is 0 Å². The summed E-state index contributed by atoms with van der Waals surface area (Å²) in [5.74, 6) is 0. The lowest BCUT2D eigenvalue weighted by molar-refractivity contribution is -0.0316. The number of carbonyl (C=O) groups excluding carboxylic acids is 1. The van der Waals surface area contributed by atoms with E-state index in [2.05, 4.69) is 11.3 Å². The molecule has 0 aliphatic carbocycles. The van der Waals surface area contributed by atoms with Crippen molar-refractivity contribution in [1.82, 2.24) is 0 Å². The highest BCUT2D eigenvalue weighted by Gasteiger charge is 2.00. The van der Waals surface area contributed by atoms with Gasteiger partial charge in [0.25, 0.3) is 0 Å². The molecule has 100 valence electrons. The Morgan fingerprint density at radius 1 is 1.12 bits per heavy atom. The van der Waals surface area contributed by atoms with Gasteiger partial charge in [-0.25, -0.2) is 4.79 Å². The summed E-state index contributed by atoms with van der Waals surface area (Å²) in [5, 5.41) is 0. The Bertz CT molecular complexity index is 193. The van der Waals surface area contributed by atoms with Gasteiger partial charge in [-0.3, -0.25) is 0 Å². The molecule has 5 heteroatoms. The first-order valence-electron chi connectivity index (χ1n) is 5.78. The molecule has 0 atom stereocenters. The molecule has 0 aliphatic rings. The summed E-state index contributed by atoms with van der Waals surface area (Å²) in [5.41, 5.74) is 0. The van der Waals surface area contributed by atoms with Gasteiger partial charge in [-0.2, -0.15) is 0 Å². The fourth-order valence-electron chi connectivity index (χ4n) is 1.13. The summed E-state index contributed by atoms with van der Waals surface area (Å²) in [6.07, 6.45) is 4.76. The minimum atomic E-state index is -0.631. The van der Waals surface area contributed by atoms with E-state index in [1.807, 2.05) is 0 Å². The highest BCUT2D eigenvalue weighted by molar-refractivity contribution is 5.59. The van der Waals surface area contributed by atoms with E-state index in [-0.39, 0.29) is 6.61 Å². The van der Waals surface area contributed by atoms with Gasteiger partial charge in [-0.05, 0) is 19.3 Å². The van der Waals surface area contributed by atoms with E-state index in [0.29, 0.717) is 20.0 Å². The Kier molecular flexibility index (Phi) is 12.2. The normalized spacial score (nSPS) is 9.94. The van der Waals surface area contributed by atoms with Crippen LogP contribution in [0.1, 0.15) is 25.7 Å². The Hall–Kier alpha value is -1.07. The molecule has 17 heavy (non-hydrogen) atoms. The van der Waals surface area contributed by atoms with Gasteiger partial charge in [0.05, 0.1) is 6.61 Å². The van der Waals surface area contributed by atoms with Gasteiger partial charge >= 0.3 is 6.16 Å². The molecule has 0 fully saturated rings. The Morgan fingerprint density at radius 3 is 2.47 bits per heavy atom. The molecule has 0 aromatic heterocycles. The molecule has 0 bridgehead atoms. The smallest absolute Gasteiger partial charge is 0.434 e. The maximum atomic E-state index is 10.9. The molecule has 0 spiro atoms. The first-order valence-corrected chi connectivity index (χ1v) is 5.78. The summed E-state index contributed by atoms with van der Waals surface area (Å²) in [6.45, 7) is 5.07. The zero-order chi connectivity index (χ0) is 12.8. The van der Waals surface area contributed by atoms with Crippen molar-refractivity contribution in [1.29, 1.82) is 0 Å². The van der Waals surface area contributed by atoms with Crippen molar-refractivity contribution in [3.8, 4) is 0 Å². The van der Waals surface area contributed by atoms with Gasteiger partial charge < -0.3 is 18.9 Å². The molecule has 0 heterocycles. The van der Waals surface area contributed by atoms with Crippen molar-refractivity contribution in [2.24, 2.45) is 0 Å². The lowest BCUT2D eigenvalue weighted by Crippen LogP contribution is -2.08. The molecule has 0 saturated carbocycles. The van der Waals surface area contributed by atoms with Gasteiger partial charge in [-0.15, -0.1) is 0 Å². The van der Waals surface area contributed by atoms with E-state index in [1.54, 1.807) is 7.11 Å². The largest absolute Gasteiger partial charge is 0.508 e. The van der Waals surface area contributed by atoms with Crippen molar-refractivity contribution in [2.45, 2.75) is 25.7 Å². The molecule has 0 N–H and O–H groups in total. The van der Waals surface area contributed by atoms with Crippen LogP contribution < -0.4 is 0 Å². The Balaban J connectivity index is 3.07. The predicted octanol–water partition coefficient (Wildman–Crippen LogP) is 2.51. The minimum absolute atomic E-state index is 0.190. The van der Waals surface area contributed by atoms with Crippen molar-refractivity contribution in [3.05, 3.63) is 12.7 Å². The average Bonchev–Trinajstić information content (AvgIpc) is 2.34. The number of ether oxygens (including phenoxy) is 4. The van der Waals surface area contributed by atoms with E-state index in [4.69, 9.17) is 14.2 Å². The standard InChI is InChI=1S/C12H22O5/c1-3-8-16-12(13)17-10-7-5-4-6-9-15-11-14-2/h3H,1,4-11H2,2H3. The van der Waals surface area contributed by atoms with Crippen LogP contribution in [-0.4, -0.2) is 39.9 Å². The topological polar surface area (TPSA) is 54.0 Å². The molecule has 0 aromatic carbocycles. The first-order chi connectivity index (χ1) is 8.31. The van der Waals surface area contributed by atoms with Crippen LogP contribution in [0.3, 0.4) is 0 Å². The maximum absolute atomic E-state index is 10.9. The highest BCUT2D eigenvalue weighted by Crippen LogP contribution is 2.01. The molecule has 0 rings (SSSR count). The quantitative estimate of drug-likeness (QED) is 0.243. The fraction of sp³-hybridized carbons (Fsp3) is 0.750. The van der Waals surface area contributed by atoms with Crippen molar-refractivity contribution in [3.63, 3.8) is 0 Å². The van der Waals surface area contributed by atoms with Crippen LogP contribution in [0.15, 0.2) is 12.7 Å². The molecule has 0 aromatic rings. The lowest BCUT2D eigenvalue weighted by atomic mass is 10.2. The number of hydrogen-bond donors (Lipinski definition) is 0.